The fraction of sp³-hybridized carbons (Fsp3) is 0.208. The minimum atomic E-state index is -0.341. The smallest absolute Gasteiger partial charge is 0.280 e. The van der Waals surface area contributed by atoms with Crippen molar-refractivity contribution in [2.75, 3.05) is 6.61 Å². The molecule has 0 saturated carbocycles. The van der Waals surface area contributed by atoms with Gasteiger partial charge in [-0.25, -0.2) is 5.43 Å². The molecule has 0 unspecified atom stereocenters. The topological polar surface area (TPSA) is 63.0 Å². The van der Waals surface area contributed by atoms with E-state index in [2.05, 4.69) is 40.0 Å². The molecule has 2 aliphatic carbocycles. The lowest BCUT2D eigenvalue weighted by molar-refractivity contribution is -0.125. The van der Waals surface area contributed by atoms with Gasteiger partial charge in [0.1, 0.15) is 0 Å². The van der Waals surface area contributed by atoms with Crippen molar-refractivity contribution >= 4 is 23.4 Å². The molecule has 0 radical (unpaired) electrons. The number of carbonyl (C=O) groups excluding carboxylic acids is 1. The number of amides is 1. The molecule has 29 heavy (non-hydrogen) atoms. The number of nitrogens with one attached hydrogen (secondary N) is 1. The van der Waals surface area contributed by atoms with Gasteiger partial charge < -0.3 is 4.84 Å². The van der Waals surface area contributed by atoms with Crippen LogP contribution in [-0.4, -0.2) is 24.4 Å². The number of hydrogen-bond donors (Lipinski definition) is 1. The molecule has 2 aromatic rings. The molecule has 0 heterocycles. The van der Waals surface area contributed by atoms with Crippen molar-refractivity contribution in [1.82, 2.24) is 5.43 Å². The van der Waals surface area contributed by atoms with Crippen molar-refractivity contribution in [3.05, 3.63) is 89.5 Å². The zero-order valence-corrected chi connectivity index (χ0v) is 16.3. The molecule has 0 aromatic heterocycles. The maximum atomic E-state index is 12.0. The van der Waals surface area contributed by atoms with Crippen molar-refractivity contribution in [3.63, 3.8) is 0 Å². The number of oxime groups is 1. The number of hydrogen-bond acceptors (Lipinski definition) is 4. The number of rotatable bonds is 7. The average Bonchev–Trinajstić information content (AvgIpc) is 3.37. The molecule has 1 amide bonds. The number of hydrazone groups is 1. The summed E-state index contributed by atoms with van der Waals surface area (Å²) in [5.74, 6) is 0.454. The summed E-state index contributed by atoms with van der Waals surface area (Å²) in [5.41, 5.74) is 7.89. The second-order valence-corrected chi connectivity index (χ2v) is 7.18. The highest BCUT2D eigenvalue weighted by molar-refractivity contribution is 5.98. The molecule has 2 aliphatic rings. The first-order valence-corrected chi connectivity index (χ1v) is 9.74. The molecule has 2 atom stereocenters. The van der Waals surface area contributed by atoms with Crippen LogP contribution in [0.3, 0.4) is 0 Å². The van der Waals surface area contributed by atoms with Crippen molar-refractivity contribution in [2.24, 2.45) is 22.1 Å². The van der Waals surface area contributed by atoms with Gasteiger partial charge in [0.2, 0.25) is 0 Å². The normalized spacial score (nSPS) is 20.5. The van der Waals surface area contributed by atoms with E-state index in [-0.39, 0.29) is 12.5 Å². The van der Waals surface area contributed by atoms with E-state index in [4.69, 9.17) is 4.84 Å². The largest absolute Gasteiger partial charge is 0.385 e. The third-order valence-electron chi connectivity index (χ3n) is 5.23. The molecule has 2 bridgehead atoms. The second-order valence-electron chi connectivity index (χ2n) is 7.18. The lowest BCUT2D eigenvalue weighted by Gasteiger charge is -2.13. The third-order valence-corrected chi connectivity index (χ3v) is 5.23. The van der Waals surface area contributed by atoms with Gasteiger partial charge in [-0.3, -0.25) is 4.79 Å². The Bertz CT molecular complexity index is 991. The van der Waals surface area contributed by atoms with Crippen molar-refractivity contribution in [1.29, 1.82) is 0 Å². The van der Waals surface area contributed by atoms with Crippen LogP contribution in [0.5, 0.6) is 0 Å². The zero-order valence-electron chi connectivity index (χ0n) is 16.3. The third kappa shape index (κ3) is 4.35. The van der Waals surface area contributed by atoms with Gasteiger partial charge in [0.05, 0.1) is 11.9 Å². The fourth-order valence-corrected chi connectivity index (χ4v) is 3.85. The van der Waals surface area contributed by atoms with Gasteiger partial charge in [0.25, 0.3) is 5.91 Å². The average molecular weight is 385 g/mol. The van der Waals surface area contributed by atoms with Gasteiger partial charge in [0, 0.05) is 11.8 Å². The monoisotopic (exact) mass is 385 g/mol. The summed E-state index contributed by atoms with van der Waals surface area (Å²) < 4.78 is 0. The van der Waals surface area contributed by atoms with E-state index in [1.165, 1.54) is 16.7 Å². The first kappa shape index (κ1) is 18.9. The Morgan fingerprint density at radius 1 is 1.07 bits per heavy atom. The van der Waals surface area contributed by atoms with Crippen LogP contribution >= 0.6 is 0 Å². The Labute approximate surface area is 170 Å². The number of benzene rings is 2. The summed E-state index contributed by atoms with van der Waals surface area (Å²) in [6.45, 7) is 1.66. The van der Waals surface area contributed by atoms with E-state index in [0.29, 0.717) is 17.5 Å². The van der Waals surface area contributed by atoms with Gasteiger partial charge in [-0.1, -0.05) is 78.0 Å². The highest BCUT2D eigenvalue weighted by atomic mass is 16.6. The Morgan fingerprint density at radius 2 is 1.76 bits per heavy atom. The standard InChI is InChI=1S/C24H23N3O2/c1-17(18-8-4-2-5-9-18)27-29-16-23(28)26-25-15-22-20-12-13-21(14-20)24(22)19-10-6-3-7-11-19/h2-13,15,20-21H,14,16H2,1H3,(H,26,28)/b25-15-,27-17-/t20-,21+/m0/s1. The first-order valence-electron chi connectivity index (χ1n) is 9.74. The van der Waals surface area contributed by atoms with E-state index in [9.17, 15) is 4.79 Å². The molecular weight excluding hydrogens is 362 g/mol. The molecule has 1 N–H and O–H groups in total. The molecule has 0 spiro atoms. The molecule has 5 heteroatoms. The first-order chi connectivity index (χ1) is 14.2. The van der Waals surface area contributed by atoms with Crippen LogP contribution in [0.1, 0.15) is 24.5 Å². The van der Waals surface area contributed by atoms with Crippen molar-refractivity contribution < 1.29 is 9.63 Å². The summed E-state index contributed by atoms with van der Waals surface area (Å²) in [5, 5.41) is 8.15. The maximum Gasteiger partial charge on any atom is 0.280 e. The van der Waals surface area contributed by atoms with Gasteiger partial charge >= 0.3 is 0 Å². The number of allylic oxidation sites excluding steroid dienone is 4. The number of carbonyl (C=O) groups is 1. The Morgan fingerprint density at radius 3 is 2.52 bits per heavy atom. The molecule has 0 aliphatic heterocycles. The number of nitrogens with zero attached hydrogens (tertiary/aromatic N) is 2. The number of fused-ring (bicyclic) bond motifs is 2. The van der Waals surface area contributed by atoms with Crippen LogP contribution in [0.25, 0.3) is 5.57 Å². The minimum absolute atomic E-state index is 0.182. The molecule has 146 valence electrons. The van der Waals surface area contributed by atoms with Crippen LogP contribution in [-0.2, 0) is 9.63 Å². The highest BCUT2D eigenvalue weighted by Crippen LogP contribution is 2.47. The van der Waals surface area contributed by atoms with Crippen LogP contribution in [0.15, 0.2) is 88.6 Å². The summed E-state index contributed by atoms with van der Waals surface area (Å²) in [7, 11) is 0. The molecule has 4 rings (SSSR count). The van der Waals surface area contributed by atoms with Crippen LogP contribution in [0.2, 0.25) is 0 Å². The molecule has 0 saturated heterocycles. The highest BCUT2D eigenvalue weighted by Gasteiger charge is 2.34. The quantitative estimate of drug-likeness (QED) is 0.441. The molecule has 2 aromatic carbocycles. The van der Waals surface area contributed by atoms with E-state index in [1.54, 1.807) is 6.21 Å². The Kier molecular flexibility index (Phi) is 5.66. The van der Waals surface area contributed by atoms with Gasteiger partial charge in [-0.05, 0) is 35.6 Å². The van der Waals surface area contributed by atoms with E-state index < -0.39 is 0 Å². The van der Waals surface area contributed by atoms with Gasteiger partial charge in [0.15, 0.2) is 6.61 Å². The van der Waals surface area contributed by atoms with E-state index >= 15 is 0 Å². The molecular formula is C24H23N3O2. The lowest BCUT2D eigenvalue weighted by atomic mass is 9.92. The van der Waals surface area contributed by atoms with Gasteiger partial charge in [-0.15, -0.1) is 0 Å². The van der Waals surface area contributed by atoms with Crippen LogP contribution in [0, 0.1) is 11.8 Å². The Balaban J connectivity index is 1.35. The minimum Gasteiger partial charge on any atom is -0.385 e. The predicted octanol–water partition coefficient (Wildman–Crippen LogP) is 4.19. The SMILES string of the molecule is C/C(=N/OCC(=O)N/N=C\C1=C(c2ccccc2)[C@@H]2C=C[C@H]1C2)c1ccccc1. The van der Waals surface area contributed by atoms with E-state index in [0.717, 1.165) is 12.0 Å². The molecule has 5 nitrogen and oxygen atoms in total. The predicted molar refractivity (Wildman–Crippen MR) is 115 cm³/mol. The summed E-state index contributed by atoms with van der Waals surface area (Å²) in [6, 6.07) is 20.0. The lowest BCUT2D eigenvalue weighted by Crippen LogP contribution is -2.22. The zero-order chi connectivity index (χ0) is 20.1. The van der Waals surface area contributed by atoms with Crippen molar-refractivity contribution in [3.8, 4) is 0 Å². The maximum absolute atomic E-state index is 12.0. The van der Waals surface area contributed by atoms with Crippen LogP contribution < -0.4 is 5.43 Å². The van der Waals surface area contributed by atoms with Crippen LogP contribution in [0.4, 0.5) is 0 Å². The van der Waals surface area contributed by atoms with E-state index in [1.807, 2.05) is 55.5 Å². The fourth-order valence-electron chi connectivity index (χ4n) is 3.85. The summed E-state index contributed by atoms with van der Waals surface area (Å²) in [6.07, 6.45) is 7.34. The molecule has 0 fully saturated rings. The van der Waals surface area contributed by atoms with Crippen molar-refractivity contribution in [2.45, 2.75) is 13.3 Å². The second kappa shape index (κ2) is 8.69. The Hall–Kier alpha value is -3.47. The summed E-state index contributed by atoms with van der Waals surface area (Å²) in [4.78, 5) is 17.1. The van der Waals surface area contributed by atoms with Gasteiger partial charge in [-0.2, -0.15) is 5.10 Å². The summed E-state index contributed by atoms with van der Waals surface area (Å²) >= 11 is 0.